The lowest BCUT2D eigenvalue weighted by atomic mass is 10.0. The number of aryl methyl sites for hydroxylation is 2. The molecule has 1 aromatic heterocycles. The zero-order valence-electron chi connectivity index (χ0n) is 19.5. The van der Waals surface area contributed by atoms with E-state index in [-0.39, 0.29) is 12.4 Å². The minimum atomic E-state index is 0. The molecule has 1 heterocycles. The topological polar surface area (TPSA) is 38.2 Å². The fourth-order valence-corrected chi connectivity index (χ4v) is 4.17. The Morgan fingerprint density at radius 1 is 0.879 bits per heavy atom. The number of benzene rings is 3. The SMILES string of the molecule is CCN(C)CCc1cc(C)c(Oc2nc(-c3ccc(-c4ccccc4)cc3)ns2)cc1C.Cl. The standard InChI is InChI=1S/C27H29N3OS.ClH/c1-5-30(4)16-15-24-17-20(3)25(18-19(24)2)31-27-28-26(29-32-27)23-13-11-22(12-14-23)21-9-7-6-8-10-21;/h6-14,17-18H,5,15-16H2,1-4H3;1H. The molecule has 6 heteroatoms. The molecule has 0 unspecified atom stereocenters. The largest absolute Gasteiger partial charge is 0.430 e. The maximum atomic E-state index is 6.12. The molecule has 172 valence electrons. The van der Waals surface area contributed by atoms with Gasteiger partial charge in [-0.1, -0.05) is 67.6 Å². The molecule has 0 radical (unpaired) electrons. The number of hydrogen-bond acceptors (Lipinski definition) is 5. The van der Waals surface area contributed by atoms with Gasteiger partial charge < -0.3 is 9.64 Å². The molecule has 3 aromatic carbocycles. The summed E-state index contributed by atoms with van der Waals surface area (Å²) in [6.07, 6.45) is 1.04. The number of aromatic nitrogens is 2. The maximum Gasteiger partial charge on any atom is 0.299 e. The average molecular weight is 480 g/mol. The lowest BCUT2D eigenvalue weighted by molar-refractivity contribution is 0.357. The van der Waals surface area contributed by atoms with E-state index in [2.05, 4.69) is 103 Å². The van der Waals surface area contributed by atoms with Crippen LogP contribution in [0.5, 0.6) is 10.9 Å². The molecule has 0 saturated carbocycles. The molecule has 0 saturated heterocycles. The summed E-state index contributed by atoms with van der Waals surface area (Å²) in [6.45, 7) is 8.54. The van der Waals surface area contributed by atoms with Gasteiger partial charge in [0.1, 0.15) is 5.75 Å². The number of hydrogen-bond donors (Lipinski definition) is 0. The second kappa shape index (κ2) is 11.4. The first-order chi connectivity index (χ1) is 15.5. The summed E-state index contributed by atoms with van der Waals surface area (Å²) < 4.78 is 10.6. The minimum absolute atomic E-state index is 0. The zero-order valence-corrected chi connectivity index (χ0v) is 21.2. The van der Waals surface area contributed by atoms with E-state index in [1.54, 1.807) is 0 Å². The molecule has 0 N–H and O–H groups in total. The Kier molecular flexibility index (Phi) is 8.61. The van der Waals surface area contributed by atoms with Crippen LogP contribution >= 0.6 is 23.9 Å². The number of halogens is 1. The maximum absolute atomic E-state index is 6.12. The van der Waals surface area contributed by atoms with Crippen LogP contribution in [-0.2, 0) is 6.42 Å². The second-order valence-electron chi connectivity index (χ2n) is 8.12. The first-order valence-corrected chi connectivity index (χ1v) is 11.8. The molecule has 0 aliphatic carbocycles. The molecule has 0 aliphatic rings. The van der Waals surface area contributed by atoms with Crippen LogP contribution in [0.1, 0.15) is 23.6 Å². The normalized spacial score (nSPS) is 10.8. The quantitative estimate of drug-likeness (QED) is 0.268. The van der Waals surface area contributed by atoms with Crippen LogP contribution in [0.3, 0.4) is 0 Å². The molecule has 0 atom stereocenters. The van der Waals surface area contributed by atoms with Gasteiger partial charge in [-0.05, 0) is 67.7 Å². The zero-order chi connectivity index (χ0) is 22.5. The van der Waals surface area contributed by atoms with Gasteiger partial charge in [-0.25, -0.2) is 0 Å². The number of rotatable bonds is 8. The van der Waals surface area contributed by atoms with Crippen molar-refractivity contribution in [2.45, 2.75) is 27.2 Å². The van der Waals surface area contributed by atoms with Crippen molar-refractivity contribution in [3.05, 3.63) is 83.4 Å². The van der Waals surface area contributed by atoms with Crippen LogP contribution in [0.2, 0.25) is 0 Å². The van der Waals surface area contributed by atoms with Gasteiger partial charge in [0.2, 0.25) is 0 Å². The summed E-state index contributed by atoms with van der Waals surface area (Å²) in [5.74, 6) is 1.54. The summed E-state index contributed by atoms with van der Waals surface area (Å²) >= 11 is 1.29. The van der Waals surface area contributed by atoms with Crippen molar-refractivity contribution in [3.63, 3.8) is 0 Å². The Hall–Kier alpha value is -2.73. The first kappa shape index (κ1) is 24.9. The van der Waals surface area contributed by atoms with Crippen molar-refractivity contribution in [2.75, 3.05) is 20.1 Å². The third kappa shape index (κ3) is 6.20. The molecule has 0 aliphatic heterocycles. The Bertz CT molecular complexity index is 1180. The van der Waals surface area contributed by atoms with E-state index in [0.717, 1.165) is 36.4 Å². The fraction of sp³-hybridized carbons (Fsp3) is 0.259. The first-order valence-electron chi connectivity index (χ1n) is 11.0. The highest BCUT2D eigenvalue weighted by Gasteiger charge is 2.12. The van der Waals surface area contributed by atoms with Crippen molar-refractivity contribution in [1.29, 1.82) is 0 Å². The van der Waals surface area contributed by atoms with E-state index in [1.807, 2.05) is 6.07 Å². The molecule has 4 aromatic rings. The number of nitrogens with zero attached hydrogens (tertiary/aromatic N) is 3. The molecule has 33 heavy (non-hydrogen) atoms. The van der Waals surface area contributed by atoms with Gasteiger partial charge in [-0.2, -0.15) is 9.36 Å². The van der Waals surface area contributed by atoms with Gasteiger partial charge in [-0.15, -0.1) is 12.4 Å². The van der Waals surface area contributed by atoms with E-state index in [1.165, 1.54) is 33.8 Å². The Labute approximate surface area is 206 Å². The van der Waals surface area contributed by atoms with Gasteiger partial charge in [0, 0.05) is 23.6 Å². The Morgan fingerprint density at radius 3 is 2.24 bits per heavy atom. The van der Waals surface area contributed by atoms with Crippen LogP contribution < -0.4 is 4.74 Å². The molecule has 4 nitrogen and oxygen atoms in total. The van der Waals surface area contributed by atoms with Gasteiger partial charge in [0.15, 0.2) is 5.82 Å². The van der Waals surface area contributed by atoms with Crippen molar-refractivity contribution in [3.8, 4) is 33.5 Å². The van der Waals surface area contributed by atoms with E-state index < -0.39 is 0 Å². The van der Waals surface area contributed by atoms with Gasteiger partial charge >= 0.3 is 0 Å². The summed E-state index contributed by atoms with van der Waals surface area (Å²) in [6, 6.07) is 23.0. The van der Waals surface area contributed by atoms with E-state index in [9.17, 15) is 0 Å². The van der Waals surface area contributed by atoms with Gasteiger partial charge in [0.05, 0.1) is 0 Å². The van der Waals surface area contributed by atoms with Crippen LogP contribution in [0.15, 0.2) is 66.7 Å². The van der Waals surface area contributed by atoms with Crippen LogP contribution in [-0.4, -0.2) is 34.4 Å². The number of ether oxygens (including phenoxy) is 1. The molecule has 0 spiro atoms. The van der Waals surface area contributed by atoms with Crippen LogP contribution in [0, 0.1) is 13.8 Å². The summed E-state index contributed by atoms with van der Waals surface area (Å²) in [5.41, 5.74) is 7.10. The van der Waals surface area contributed by atoms with Crippen molar-refractivity contribution < 1.29 is 4.74 Å². The predicted molar refractivity (Wildman–Crippen MR) is 141 cm³/mol. The van der Waals surface area contributed by atoms with Crippen molar-refractivity contribution in [2.24, 2.45) is 0 Å². The van der Waals surface area contributed by atoms with E-state index in [0.29, 0.717) is 11.0 Å². The molecule has 0 bridgehead atoms. The second-order valence-corrected chi connectivity index (χ2v) is 8.83. The molecular formula is C27H30ClN3OS. The number of likely N-dealkylation sites (N-methyl/N-ethyl adjacent to an activating group) is 1. The average Bonchev–Trinajstić information content (AvgIpc) is 3.29. The summed E-state index contributed by atoms with van der Waals surface area (Å²) in [5, 5.41) is 0.563. The smallest absolute Gasteiger partial charge is 0.299 e. The minimum Gasteiger partial charge on any atom is -0.430 e. The molecule has 4 rings (SSSR count). The van der Waals surface area contributed by atoms with E-state index in [4.69, 9.17) is 4.74 Å². The molecular weight excluding hydrogens is 450 g/mol. The fourth-order valence-electron chi connectivity index (χ4n) is 3.60. The monoisotopic (exact) mass is 479 g/mol. The molecule has 0 amide bonds. The summed E-state index contributed by atoms with van der Waals surface area (Å²) in [7, 11) is 2.15. The third-order valence-corrected chi connectivity index (χ3v) is 6.39. The highest BCUT2D eigenvalue weighted by molar-refractivity contribution is 7.07. The van der Waals surface area contributed by atoms with Crippen LogP contribution in [0.25, 0.3) is 22.5 Å². The van der Waals surface area contributed by atoms with Gasteiger partial charge in [-0.3, -0.25) is 0 Å². The van der Waals surface area contributed by atoms with Crippen molar-refractivity contribution in [1.82, 2.24) is 14.3 Å². The highest BCUT2D eigenvalue weighted by atomic mass is 35.5. The lowest BCUT2D eigenvalue weighted by Crippen LogP contribution is -2.20. The van der Waals surface area contributed by atoms with E-state index >= 15 is 0 Å². The lowest BCUT2D eigenvalue weighted by Gasteiger charge is -2.16. The third-order valence-electron chi connectivity index (χ3n) is 5.79. The Morgan fingerprint density at radius 2 is 1.55 bits per heavy atom. The van der Waals surface area contributed by atoms with Crippen molar-refractivity contribution >= 4 is 23.9 Å². The van der Waals surface area contributed by atoms with Gasteiger partial charge in [0.25, 0.3) is 5.19 Å². The molecule has 0 fully saturated rings. The van der Waals surface area contributed by atoms with Crippen LogP contribution in [0.4, 0.5) is 0 Å². The summed E-state index contributed by atoms with van der Waals surface area (Å²) in [4.78, 5) is 6.95. The predicted octanol–water partition coefficient (Wildman–Crippen LogP) is 7.20. The highest BCUT2D eigenvalue weighted by Crippen LogP contribution is 2.31. The Balaban J connectivity index is 0.00000306.